The second kappa shape index (κ2) is 11.3. The minimum atomic E-state index is -0.322. The fourth-order valence-electron chi connectivity index (χ4n) is 2.43. The third-order valence-corrected chi connectivity index (χ3v) is 3.81. The molecule has 2 aromatic heterocycles. The first-order valence-electron chi connectivity index (χ1n) is 9.22. The van der Waals surface area contributed by atoms with Gasteiger partial charge in [0.15, 0.2) is 0 Å². The van der Waals surface area contributed by atoms with Crippen molar-refractivity contribution in [2.75, 3.05) is 32.7 Å². The van der Waals surface area contributed by atoms with Crippen molar-refractivity contribution >= 4 is 29.1 Å². The van der Waals surface area contributed by atoms with Gasteiger partial charge in [0, 0.05) is 25.9 Å². The number of hydrogen-bond acceptors (Lipinski definition) is 8. The lowest BCUT2D eigenvalue weighted by molar-refractivity contribution is 0.0936. The van der Waals surface area contributed by atoms with Crippen LogP contribution >= 0.6 is 0 Å². The van der Waals surface area contributed by atoms with Crippen LogP contribution in [-0.2, 0) is 4.74 Å². The molecule has 0 aromatic carbocycles. The number of nitrogens with two attached hydrogens (primary N) is 2. The lowest BCUT2D eigenvalue weighted by Gasteiger charge is -2.13. The molecule has 0 fully saturated rings. The molecule has 2 aromatic rings. The quantitative estimate of drug-likeness (QED) is 0.264. The molecule has 11 heteroatoms. The number of hydrogen-bond donors (Lipinski definition) is 4. The zero-order valence-electron chi connectivity index (χ0n) is 17.7. The molecular weight excluding hydrogens is 400 g/mol. The summed E-state index contributed by atoms with van der Waals surface area (Å²) in [6.45, 7) is 5.88. The number of amides is 1. The molecule has 0 aliphatic rings. The average Bonchev–Trinajstić information content (AvgIpc) is 2.74. The Labute approximate surface area is 180 Å². The smallest absolute Gasteiger partial charge is 0.252 e. The van der Waals surface area contributed by atoms with Crippen molar-refractivity contribution in [2.45, 2.75) is 6.92 Å². The second-order valence-electron chi connectivity index (χ2n) is 6.23. The molecule has 0 unspecified atom stereocenters. The van der Waals surface area contributed by atoms with Crippen molar-refractivity contribution in [1.29, 1.82) is 0 Å². The van der Waals surface area contributed by atoms with Crippen LogP contribution in [0.5, 0.6) is 5.88 Å². The molecule has 0 saturated carbocycles. The highest BCUT2D eigenvalue weighted by Gasteiger charge is 2.15. The van der Waals surface area contributed by atoms with Gasteiger partial charge in [-0.05, 0) is 19.1 Å². The number of carbonyl (C=O) groups is 1. The van der Waals surface area contributed by atoms with Gasteiger partial charge in [0.25, 0.3) is 5.91 Å². The van der Waals surface area contributed by atoms with Gasteiger partial charge in [-0.1, -0.05) is 6.58 Å². The Morgan fingerprint density at radius 2 is 1.97 bits per heavy atom. The predicted molar refractivity (Wildman–Crippen MR) is 120 cm³/mol. The molecule has 0 radical (unpaired) electrons. The van der Waals surface area contributed by atoms with Gasteiger partial charge in [0.1, 0.15) is 23.3 Å². The number of rotatable bonds is 9. The van der Waals surface area contributed by atoms with Crippen molar-refractivity contribution in [3.63, 3.8) is 0 Å². The van der Waals surface area contributed by atoms with E-state index in [4.69, 9.17) is 20.9 Å². The molecule has 164 valence electrons. The van der Waals surface area contributed by atoms with E-state index in [0.29, 0.717) is 47.5 Å². The first-order chi connectivity index (χ1) is 14.8. The Morgan fingerprint density at radius 3 is 2.58 bits per heavy atom. The van der Waals surface area contributed by atoms with Crippen LogP contribution in [0.15, 0.2) is 53.0 Å². The van der Waals surface area contributed by atoms with Crippen LogP contribution in [0.25, 0.3) is 0 Å². The van der Waals surface area contributed by atoms with Crippen LogP contribution in [0.1, 0.15) is 22.8 Å². The number of nitrogens with one attached hydrogen (secondary N) is 2. The van der Waals surface area contributed by atoms with E-state index in [2.05, 4.69) is 37.2 Å². The summed E-state index contributed by atoms with van der Waals surface area (Å²) in [5, 5.41) is 5.85. The standard InChI is InChI=1S/C20H26N8O3/c1-12(21)26-13(2)27-18(22)16-9-14(20(29)23-7-8-30-3)10-25-19(16)28-15-5-6-17(31-4)24-11-15/h5-6,9-11H,1,7-8,21H2,2-4H3,(H,23,29)(H,25,28)(H2,22,26,27). The largest absolute Gasteiger partial charge is 0.481 e. The van der Waals surface area contributed by atoms with Gasteiger partial charge in [0.05, 0.1) is 36.7 Å². The summed E-state index contributed by atoms with van der Waals surface area (Å²) < 4.78 is 10.0. The van der Waals surface area contributed by atoms with E-state index in [1.54, 1.807) is 38.4 Å². The topological polar surface area (TPSA) is 162 Å². The van der Waals surface area contributed by atoms with Gasteiger partial charge in [0.2, 0.25) is 5.88 Å². The number of aliphatic imine (C=N–C) groups is 2. The summed E-state index contributed by atoms with van der Waals surface area (Å²) in [6.07, 6.45) is 3.01. The third kappa shape index (κ3) is 7.08. The summed E-state index contributed by atoms with van der Waals surface area (Å²) >= 11 is 0. The van der Waals surface area contributed by atoms with E-state index in [1.807, 2.05) is 0 Å². The summed E-state index contributed by atoms with van der Waals surface area (Å²) in [6, 6.07) is 5.04. The van der Waals surface area contributed by atoms with Crippen LogP contribution in [0.3, 0.4) is 0 Å². The molecule has 11 nitrogen and oxygen atoms in total. The lowest BCUT2D eigenvalue weighted by atomic mass is 10.1. The molecule has 31 heavy (non-hydrogen) atoms. The number of carbonyl (C=O) groups excluding carboxylic acids is 1. The number of aromatic nitrogens is 2. The molecule has 0 saturated heterocycles. The first-order valence-corrected chi connectivity index (χ1v) is 9.22. The van der Waals surface area contributed by atoms with E-state index < -0.39 is 0 Å². The molecule has 2 heterocycles. The van der Waals surface area contributed by atoms with Crippen molar-refractivity contribution in [1.82, 2.24) is 15.3 Å². The number of pyridine rings is 2. The Morgan fingerprint density at radius 1 is 1.19 bits per heavy atom. The maximum Gasteiger partial charge on any atom is 0.252 e. The highest BCUT2D eigenvalue weighted by molar-refractivity contribution is 6.09. The second-order valence-corrected chi connectivity index (χ2v) is 6.23. The normalized spacial score (nSPS) is 11.7. The van der Waals surface area contributed by atoms with Gasteiger partial charge in [-0.3, -0.25) is 4.79 Å². The minimum Gasteiger partial charge on any atom is -0.481 e. The van der Waals surface area contributed by atoms with Crippen LogP contribution in [-0.4, -0.2) is 54.9 Å². The first kappa shape index (κ1) is 23.3. The number of nitrogens with zero attached hydrogens (tertiary/aromatic N) is 4. The molecule has 0 spiro atoms. The van der Waals surface area contributed by atoms with Crippen molar-refractivity contribution < 1.29 is 14.3 Å². The highest BCUT2D eigenvalue weighted by atomic mass is 16.5. The number of anilines is 2. The van der Waals surface area contributed by atoms with Gasteiger partial charge in [-0.25, -0.2) is 20.0 Å². The van der Waals surface area contributed by atoms with Crippen molar-refractivity contribution in [3.8, 4) is 5.88 Å². The lowest BCUT2D eigenvalue weighted by Crippen LogP contribution is -2.28. The molecular formula is C20H26N8O3. The number of amidine groups is 2. The Hall–Kier alpha value is -3.99. The fourth-order valence-corrected chi connectivity index (χ4v) is 2.43. The zero-order valence-corrected chi connectivity index (χ0v) is 17.7. The Balaban J connectivity index is 2.41. The molecule has 0 aliphatic heterocycles. The van der Waals surface area contributed by atoms with E-state index >= 15 is 0 Å². The minimum absolute atomic E-state index is 0.0884. The predicted octanol–water partition coefficient (Wildman–Crippen LogP) is 1.16. The van der Waals surface area contributed by atoms with E-state index in [9.17, 15) is 4.79 Å². The zero-order chi connectivity index (χ0) is 22.8. The van der Waals surface area contributed by atoms with Gasteiger partial charge in [-0.15, -0.1) is 0 Å². The van der Waals surface area contributed by atoms with E-state index in [1.165, 1.54) is 13.3 Å². The van der Waals surface area contributed by atoms with Crippen LogP contribution in [0.4, 0.5) is 11.5 Å². The van der Waals surface area contributed by atoms with E-state index in [0.717, 1.165) is 0 Å². The maximum atomic E-state index is 12.4. The monoisotopic (exact) mass is 426 g/mol. The third-order valence-electron chi connectivity index (χ3n) is 3.81. The Kier molecular flexibility index (Phi) is 8.46. The summed E-state index contributed by atoms with van der Waals surface area (Å²) in [5.74, 6) is 1.01. The highest BCUT2D eigenvalue weighted by Crippen LogP contribution is 2.21. The molecule has 1 amide bonds. The molecule has 0 atom stereocenters. The Bertz CT molecular complexity index is 986. The number of ether oxygens (including phenoxy) is 2. The van der Waals surface area contributed by atoms with Crippen molar-refractivity contribution in [3.05, 3.63) is 54.1 Å². The van der Waals surface area contributed by atoms with Crippen LogP contribution in [0.2, 0.25) is 0 Å². The molecule has 0 aliphatic carbocycles. The van der Waals surface area contributed by atoms with E-state index in [-0.39, 0.29) is 17.6 Å². The number of methoxy groups -OCH3 is 2. The summed E-state index contributed by atoms with van der Waals surface area (Å²) in [5.41, 5.74) is 13.0. The average molecular weight is 426 g/mol. The fraction of sp³-hybridized carbons (Fsp3) is 0.250. The summed E-state index contributed by atoms with van der Waals surface area (Å²) in [4.78, 5) is 29.1. The van der Waals surface area contributed by atoms with Gasteiger partial charge in [-0.2, -0.15) is 0 Å². The summed E-state index contributed by atoms with van der Waals surface area (Å²) in [7, 11) is 3.08. The van der Waals surface area contributed by atoms with Crippen LogP contribution < -0.4 is 26.8 Å². The van der Waals surface area contributed by atoms with Crippen molar-refractivity contribution in [2.24, 2.45) is 21.5 Å². The molecule has 0 bridgehead atoms. The SMILES string of the molecule is C=C(N)/N=C(C)\N=C(/N)c1cc(C(=O)NCCOC)cnc1Nc1ccc(OC)nc1. The van der Waals surface area contributed by atoms with Gasteiger partial charge < -0.3 is 31.6 Å². The van der Waals surface area contributed by atoms with Crippen LogP contribution in [0, 0.1) is 0 Å². The molecule has 6 N–H and O–H groups in total. The maximum absolute atomic E-state index is 12.4. The van der Waals surface area contributed by atoms with Gasteiger partial charge >= 0.3 is 0 Å². The molecule has 2 rings (SSSR count).